The standard InChI is InChI=1S/C22H31NOSi.CHF3O3S/c1-14-10-16(3)21(17(4)11-14)25(24,20-8-7-9-23-20)22-18(5)12-15(2)13-19(22)6;2-1(3,4)8(5,6)7/h10-13,20,23-24H,7-9H2,1-6H3;(H,5,6,7)/t20-;/m0./s1. The van der Waals surface area contributed by atoms with Crippen LogP contribution in [0.3, 0.4) is 0 Å². The zero-order valence-electron chi connectivity index (χ0n) is 19.8. The lowest BCUT2D eigenvalue weighted by Gasteiger charge is -2.35. The molecule has 3 N–H and O–H groups in total. The normalized spacial score (nSPS) is 17.0. The third-order valence-corrected chi connectivity index (χ3v) is 11.4. The number of quaternary nitrogens is 1. The molecule has 1 atom stereocenters. The van der Waals surface area contributed by atoms with Crippen LogP contribution in [0.25, 0.3) is 0 Å². The summed E-state index contributed by atoms with van der Waals surface area (Å²) in [6.07, 6.45) is 2.32. The predicted molar refractivity (Wildman–Crippen MR) is 124 cm³/mol. The number of benzene rings is 2. The summed E-state index contributed by atoms with van der Waals surface area (Å²) >= 11 is 0. The molecule has 0 bridgehead atoms. The number of halogens is 3. The molecule has 3 rings (SSSR count). The van der Waals surface area contributed by atoms with Crippen molar-refractivity contribution in [3.05, 3.63) is 57.6 Å². The van der Waals surface area contributed by atoms with Gasteiger partial charge in [-0.25, -0.2) is 8.42 Å². The van der Waals surface area contributed by atoms with Gasteiger partial charge >= 0.3 is 13.8 Å². The molecule has 2 aromatic rings. The Morgan fingerprint density at radius 1 is 0.909 bits per heavy atom. The summed E-state index contributed by atoms with van der Waals surface area (Å²) in [7, 11) is -8.94. The van der Waals surface area contributed by atoms with Crippen molar-refractivity contribution in [2.75, 3.05) is 6.54 Å². The molecule has 33 heavy (non-hydrogen) atoms. The first-order valence-electron chi connectivity index (χ1n) is 10.7. The Morgan fingerprint density at radius 3 is 1.48 bits per heavy atom. The maximum Gasteiger partial charge on any atom is 0.485 e. The maximum atomic E-state index is 12.5. The van der Waals surface area contributed by atoms with Gasteiger partial charge in [0.1, 0.15) is 5.67 Å². The van der Waals surface area contributed by atoms with Crippen molar-refractivity contribution in [3.8, 4) is 0 Å². The van der Waals surface area contributed by atoms with Gasteiger partial charge in [0.2, 0.25) is 0 Å². The largest absolute Gasteiger partial charge is 0.741 e. The number of hydrogen-bond donors (Lipinski definition) is 2. The summed E-state index contributed by atoms with van der Waals surface area (Å²) in [5.41, 5.74) is 2.25. The molecule has 184 valence electrons. The zero-order chi connectivity index (χ0) is 25.4. The molecule has 1 aliphatic rings. The summed E-state index contributed by atoms with van der Waals surface area (Å²) < 4.78 is 58.9. The molecule has 1 fully saturated rings. The van der Waals surface area contributed by atoms with Crippen LogP contribution in [0.1, 0.15) is 46.2 Å². The van der Waals surface area contributed by atoms with E-state index in [9.17, 15) is 18.0 Å². The Balaban J connectivity index is 0.000000414. The van der Waals surface area contributed by atoms with E-state index in [0.717, 1.165) is 13.0 Å². The van der Waals surface area contributed by atoms with Crippen LogP contribution >= 0.6 is 0 Å². The molecule has 0 amide bonds. The first-order valence-corrected chi connectivity index (χ1v) is 14.2. The summed E-state index contributed by atoms with van der Waals surface area (Å²) in [4.78, 5) is 12.5. The fourth-order valence-corrected chi connectivity index (χ4v) is 10.0. The Kier molecular flexibility index (Phi) is 8.23. The molecule has 10 heteroatoms. The fraction of sp³-hybridized carbons (Fsp3) is 0.478. The predicted octanol–water partition coefficient (Wildman–Crippen LogP) is 1.91. The summed E-state index contributed by atoms with van der Waals surface area (Å²) in [5, 5.41) is 4.90. The van der Waals surface area contributed by atoms with Gasteiger partial charge in [0.25, 0.3) is 0 Å². The van der Waals surface area contributed by atoms with Gasteiger partial charge in [-0.3, -0.25) is 0 Å². The smallest absolute Gasteiger partial charge is 0.485 e. The van der Waals surface area contributed by atoms with Crippen molar-refractivity contribution in [1.82, 2.24) is 0 Å². The molecule has 1 heterocycles. The van der Waals surface area contributed by atoms with E-state index in [1.807, 2.05) is 0 Å². The second kappa shape index (κ2) is 9.87. The van der Waals surface area contributed by atoms with Crippen LogP contribution in [0.2, 0.25) is 0 Å². The van der Waals surface area contributed by atoms with Gasteiger partial charge in [-0.15, -0.1) is 0 Å². The number of nitrogens with two attached hydrogens (primary N) is 1. The minimum absolute atomic E-state index is 0.313. The third-order valence-electron chi connectivity index (χ3n) is 6.11. The van der Waals surface area contributed by atoms with E-state index in [-0.39, 0.29) is 0 Å². The molecule has 0 radical (unpaired) electrons. The second-order valence-electron chi connectivity index (χ2n) is 8.99. The lowest BCUT2D eigenvalue weighted by molar-refractivity contribution is -0.654. The van der Waals surface area contributed by atoms with E-state index in [1.54, 1.807) is 0 Å². The van der Waals surface area contributed by atoms with Gasteiger partial charge in [-0.1, -0.05) is 35.4 Å². The molecule has 0 saturated carbocycles. The molecule has 5 nitrogen and oxygen atoms in total. The van der Waals surface area contributed by atoms with Crippen LogP contribution in [0.5, 0.6) is 0 Å². The molecule has 1 aliphatic heterocycles. The van der Waals surface area contributed by atoms with E-state index >= 15 is 0 Å². The van der Waals surface area contributed by atoms with Gasteiger partial charge in [-0.2, -0.15) is 13.2 Å². The van der Waals surface area contributed by atoms with Crippen molar-refractivity contribution < 1.29 is 36.3 Å². The van der Waals surface area contributed by atoms with Crippen molar-refractivity contribution in [2.24, 2.45) is 0 Å². The highest BCUT2D eigenvalue weighted by Crippen LogP contribution is 2.22. The summed E-state index contributed by atoms with van der Waals surface area (Å²) in [5.74, 6) is 0. The van der Waals surface area contributed by atoms with E-state index < -0.39 is 23.9 Å². The first-order chi connectivity index (χ1) is 15.0. The second-order valence-corrected chi connectivity index (χ2v) is 13.6. The van der Waals surface area contributed by atoms with Gasteiger partial charge in [0.05, 0.1) is 6.54 Å². The lowest BCUT2D eigenvalue weighted by Crippen LogP contribution is -2.96. The van der Waals surface area contributed by atoms with E-state index in [1.165, 1.54) is 50.2 Å². The highest BCUT2D eigenvalue weighted by Gasteiger charge is 2.51. The van der Waals surface area contributed by atoms with Gasteiger partial charge in [0, 0.05) is 12.8 Å². The minimum Gasteiger partial charge on any atom is -0.741 e. The SMILES string of the molecule is Cc1cc(C)c([Si](O)(c2c(C)cc(C)cc2C)[C@H]2CCC[NH2+]2)c(C)c1.O=S(=O)([O-])C(F)(F)F. The van der Waals surface area contributed by atoms with Gasteiger partial charge in [0.15, 0.2) is 10.1 Å². The van der Waals surface area contributed by atoms with Crippen LogP contribution in [0.15, 0.2) is 24.3 Å². The van der Waals surface area contributed by atoms with Crippen molar-refractivity contribution in [1.29, 1.82) is 0 Å². The Hall–Kier alpha value is -1.72. The fourth-order valence-electron chi connectivity index (χ4n) is 5.21. The Morgan fingerprint density at radius 2 is 1.24 bits per heavy atom. The molecule has 0 unspecified atom stereocenters. The van der Waals surface area contributed by atoms with E-state index in [4.69, 9.17) is 13.0 Å². The van der Waals surface area contributed by atoms with Crippen molar-refractivity contribution in [2.45, 2.75) is 65.6 Å². The highest BCUT2D eigenvalue weighted by molar-refractivity contribution is 7.86. The van der Waals surface area contributed by atoms with Crippen LogP contribution in [-0.2, 0) is 10.1 Å². The minimum atomic E-state index is -6.09. The molecular weight excluding hydrogens is 471 g/mol. The molecule has 0 spiro atoms. The molecule has 2 aromatic carbocycles. The average molecular weight is 504 g/mol. The summed E-state index contributed by atoms with van der Waals surface area (Å²) in [6.45, 7) is 14.2. The van der Waals surface area contributed by atoms with Crippen LogP contribution in [-0.4, -0.2) is 43.8 Å². The first kappa shape index (κ1) is 27.5. The van der Waals surface area contributed by atoms with Gasteiger partial charge < -0.3 is 14.7 Å². The lowest BCUT2D eigenvalue weighted by atomic mass is 10.1. The number of aryl methyl sites for hydroxylation is 6. The molecular formula is C23H32F3NO4SSi. The molecule has 1 saturated heterocycles. The average Bonchev–Trinajstić information content (AvgIpc) is 3.13. The number of hydrogen-bond acceptors (Lipinski definition) is 4. The van der Waals surface area contributed by atoms with Crippen LogP contribution < -0.4 is 15.7 Å². The Labute approximate surface area is 194 Å². The third kappa shape index (κ3) is 5.86. The Bertz CT molecular complexity index is 1020. The number of alkyl halides is 3. The van der Waals surface area contributed by atoms with Crippen LogP contribution in [0, 0.1) is 41.5 Å². The quantitative estimate of drug-likeness (QED) is 0.380. The molecule has 0 aromatic heterocycles. The van der Waals surface area contributed by atoms with E-state index in [2.05, 4.69) is 71.1 Å². The number of rotatable bonds is 3. The monoisotopic (exact) mass is 503 g/mol. The topological polar surface area (TPSA) is 94.0 Å². The van der Waals surface area contributed by atoms with Gasteiger partial charge in [-0.05, 0) is 74.2 Å². The maximum absolute atomic E-state index is 12.5. The zero-order valence-corrected chi connectivity index (χ0v) is 21.6. The van der Waals surface area contributed by atoms with Crippen molar-refractivity contribution in [3.63, 3.8) is 0 Å². The molecule has 0 aliphatic carbocycles. The van der Waals surface area contributed by atoms with Crippen molar-refractivity contribution >= 4 is 28.8 Å². The summed E-state index contributed by atoms with van der Waals surface area (Å²) in [6, 6.07) is 8.98. The highest BCUT2D eigenvalue weighted by atomic mass is 32.2. The van der Waals surface area contributed by atoms with Crippen LogP contribution in [0.4, 0.5) is 13.2 Å². The van der Waals surface area contributed by atoms with E-state index in [0.29, 0.717) is 5.67 Å².